The summed E-state index contributed by atoms with van der Waals surface area (Å²) in [4.78, 5) is 22.2. The van der Waals surface area contributed by atoms with Crippen LogP contribution in [0.5, 0.6) is 5.75 Å². The van der Waals surface area contributed by atoms with Crippen molar-refractivity contribution in [2.24, 2.45) is 0 Å². The molecule has 0 radical (unpaired) electrons. The molecule has 0 saturated heterocycles. The quantitative estimate of drug-likeness (QED) is 0.516. The Kier molecular flexibility index (Phi) is 5.09. The van der Waals surface area contributed by atoms with Gasteiger partial charge in [0, 0.05) is 17.2 Å². The number of aliphatic carboxylic acids is 1. The zero-order valence-electron chi connectivity index (χ0n) is 10.0. The lowest BCUT2D eigenvalue weighted by atomic mass is 10.0. The van der Waals surface area contributed by atoms with Gasteiger partial charge in [0.25, 0.3) is 0 Å². The summed E-state index contributed by atoms with van der Waals surface area (Å²) in [6.07, 6.45) is 2.34. The van der Waals surface area contributed by atoms with Crippen LogP contribution < -0.4 is 4.74 Å². The molecule has 1 aromatic carbocycles. The van der Waals surface area contributed by atoms with Gasteiger partial charge in [0.1, 0.15) is 5.75 Å². The maximum absolute atomic E-state index is 12.0. The molecular formula is C13H13BrO4. The van der Waals surface area contributed by atoms with Crippen LogP contribution in [0.1, 0.15) is 22.8 Å². The Bertz CT molecular complexity index is 492. The average molecular weight is 313 g/mol. The van der Waals surface area contributed by atoms with Crippen molar-refractivity contribution in [3.05, 3.63) is 35.4 Å². The van der Waals surface area contributed by atoms with Crippen molar-refractivity contribution in [1.29, 1.82) is 0 Å². The van der Waals surface area contributed by atoms with Gasteiger partial charge >= 0.3 is 5.97 Å². The van der Waals surface area contributed by atoms with Crippen molar-refractivity contribution in [3.63, 3.8) is 0 Å². The minimum atomic E-state index is -1.08. The molecule has 0 spiro atoms. The third-order valence-corrected chi connectivity index (χ3v) is 2.72. The topological polar surface area (TPSA) is 63.6 Å². The predicted molar refractivity (Wildman–Crippen MR) is 72.4 cm³/mol. The number of hydrogen-bond acceptors (Lipinski definition) is 3. The van der Waals surface area contributed by atoms with Crippen LogP contribution >= 0.6 is 15.9 Å². The van der Waals surface area contributed by atoms with E-state index in [9.17, 15) is 9.59 Å². The number of Topliss-reactive ketones (excluding diaryl/α,β-unsaturated/α-hetero) is 1. The highest BCUT2D eigenvalue weighted by Gasteiger charge is 2.17. The molecule has 1 unspecified atom stereocenters. The summed E-state index contributed by atoms with van der Waals surface area (Å²) in [6, 6.07) is 5.01. The fourth-order valence-electron chi connectivity index (χ4n) is 1.48. The number of ether oxygens (including phenoxy) is 1. The summed E-state index contributed by atoms with van der Waals surface area (Å²) in [7, 11) is 1.47. The zero-order valence-corrected chi connectivity index (χ0v) is 11.6. The van der Waals surface area contributed by atoms with Crippen molar-refractivity contribution in [1.82, 2.24) is 0 Å². The van der Waals surface area contributed by atoms with E-state index in [0.29, 0.717) is 16.9 Å². The van der Waals surface area contributed by atoms with Gasteiger partial charge in [-0.3, -0.25) is 4.79 Å². The molecule has 0 heterocycles. The number of ketones is 1. The van der Waals surface area contributed by atoms with Crippen LogP contribution in [0.3, 0.4) is 0 Å². The van der Waals surface area contributed by atoms with Crippen molar-refractivity contribution in [2.45, 2.75) is 11.8 Å². The molecular weight excluding hydrogens is 300 g/mol. The highest BCUT2D eigenvalue weighted by molar-refractivity contribution is 9.10. The predicted octanol–water partition coefficient (Wildman–Crippen LogP) is 2.76. The van der Waals surface area contributed by atoms with E-state index < -0.39 is 5.97 Å². The normalized spacial score (nSPS) is 12.4. The number of methoxy groups -OCH3 is 1. The van der Waals surface area contributed by atoms with Crippen molar-refractivity contribution >= 4 is 33.8 Å². The Hall–Kier alpha value is -1.62. The van der Waals surface area contributed by atoms with Crippen LogP contribution in [0.25, 0.3) is 6.08 Å². The number of halogens is 1. The second kappa shape index (κ2) is 6.35. The number of carboxylic acids is 1. The molecule has 1 atom stereocenters. The van der Waals surface area contributed by atoms with Crippen LogP contribution in [-0.2, 0) is 4.79 Å². The maximum atomic E-state index is 12.0. The first-order valence-electron chi connectivity index (χ1n) is 5.23. The Morgan fingerprint density at radius 2 is 2.11 bits per heavy atom. The van der Waals surface area contributed by atoms with Gasteiger partial charge in [0.15, 0.2) is 5.78 Å². The molecule has 0 fully saturated rings. The van der Waals surface area contributed by atoms with E-state index in [1.807, 2.05) is 0 Å². The Morgan fingerprint density at radius 3 is 2.61 bits per heavy atom. The van der Waals surface area contributed by atoms with E-state index in [0.717, 1.165) is 6.08 Å². The third-order valence-electron chi connectivity index (χ3n) is 2.31. The zero-order chi connectivity index (χ0) is 13.7. The molecule has 96 valence electrons. The number of carbonyl (C=O) groups excluding carboxylic acids is 1. The largest absolute Gasteiger partial charge is 0.496 e. The SMILES string of the molecule is COc1cccc(C(=O)C(C)Br)c1C=CC(=O)O. The van der Waals surface area contributed by atoms with Crippen molar-refractivity contribution in [2.75, 3.05) is 7.11 Å². The maximum Gasteiger partial charge on any atom is 0.328 e. The molecule has 0 aliphatic carbocycles. The Labute approximate surface area is 113 Å². The first kappa shape index (κ1) is 14.4. The summed E-state index contributed by atoms with van der Waals surface area (Å²) in [5.74, 6) is -0.739. The molecule has 5 heteroatoms. The fourth-order valence-corrected chi connectivity index (χ4v) is 1.72. The van der Waals surface area contributed by atoms with Crippen LogP contribution in [0.15, 0.2) is 24.3 Å². The third kappa shape index (κ3) is 3.43. The summed E-state index contributed by atoms with van der Waals surface area (Å²) in [5, 5.41) is 8.66. The molecule has 0 aromatic heterocycles. The number of carbonyl (C=O) groups is 2. The van der Waals surface area contributed by atoms with Crippen molar-refractivity contribution < 1.29 is 19.4 Å². The van der Waals surface area contributed by atoms with Gasteiger partial charge in [0.05, 0.1) is 11.9 Å². The van der Waals surface area contributed by atoms with E-state index in [1.165, 1.54) is 13.2 Å². The fraction of sp³-hybridized carbons (Fsp3) is 0.231. The Balaban J connectivity index is 3.33. The van der Waals surface area contributed by atoms with Gasteiger partial charge in [-0.2, -0.15) is 0 Å². The average Bonchev–Trinajstić information content (AvgIpc) is 2.34. The van der Waals surface area contributed by atoms with Crippen LogP contribution in [0.4, 0.5) is 0 Å². The van der Waals surface area contributed by atoms with Gasteiger partial charge in [-0.15, -0.1) is 0 Å². The van der Waals surface area contributed by atoms with Gasteiger partial charge in [0.2, 0.25) is 0 Å². The van der Waals surface area contributed by atoms with E-state index in [-0.39, 0.29) is 10.6 Å². The Morgan fingerprint density at radius 1 is 1.44 bits per heavy atom. The van der Waals surface area contributed by atoms with Gasteiger partial charge < -0.3 is 9.84 Å². The van der Waals surface area contributed by atoms with Gasteiger partial charge in [-0.05, 0) is 19.1 Å². The summed E-state index contributed by atoms with van der Waals surface area (Å²) >= 11 is 3.21. The molecule has 0 bridgehead atoms. The molecule has 1 N–H and O–H groups in total. The minimum Gasteiger partial charge on any atom is -0.496 e. The second-order valence-electron chi connectivity index (χ2n) is 3.57. The molecule has 1 aromatic rings. The first-order valence-corrected chi connectivity index (χ1v) is 6.15. The smallest absolute Gasteiger partial charge is 0.328 e. The summed E-state index contributed by atoms with van der Waals surface area (Å²) < 4.78 is 5.14. The standard InChI is InChI=1S/C13H13BrO4/c1-8(14)13(17)10-4-3-5-11(18-2)9(10)6-7-12(15)16/h3-8H,1-2H3,(H,15,16). The van der Waals surface area contributed by atoms with Gasteiger partial charge in [-0.25, -0.2) is 4.79 Å². The van der Waals surface area contributed by atoms with E-state index in [2.05, 4.69) is 15.9 Å². The molecule has 0 aliphatic heterocycles. The number of hydrogen-bond donors (Lipinski definition) is 1. The summed E-state index contributed by atoms with van der Waals surface area (Å²) in [5.41, 5.74) is 0.898. The lowest BCUT2D eigenvalue weighted by Crippen LogP contribution is -2.12. The number of carboxylic acid groups (broad SMARTS) is 1. The highest BCUT2D eigenvalue weighted by atomic mass is 79.9. The molecule has 0 saturated carbocycles. The number of benzene rings is 1. The van der Waals surface area contributed by atoms with E-state index in [1.54, 1.807) is 25.1 Å². The van der Waals surface area contributed by atoms with E-state index in [4.69, 9.17) is 9.84 Å². The lowest BCUT2D eigenvalue weighted by Gasteiger charge is -2.11. The van der Waals surface area contributed by atoms with Crippen LogP contribution in [-0.4, -0.2) is 28.8 Å². The molecule has 1 rings (SSSR count). The number of alkyl halides is 1. The highest BCUT2D eigenvalue weighted by Crippen LogP contribution is 2.26. The monoisotopic (exact) mass is 312 g/mol. The van der Waals surface area contributed by atoms with Crippen molar-refractivity contribution in [3.8, 4) is 5.75 Å². The molecule has 0 aliphatic rings. The first-order chi connectivity index (χ1) is 8.47. The summed E-state index contributed by atoms with van der Waals surface area (Å²) in [6.45, 7) is 1.71. The lowest BCUT2D eigenvalue weighted by molar-refractivity contribution is -0.131. The van der Waals surface area contributed by atoms with Gasteiger partial charge in [-0.1, -0.05) is 28.1 Å². The number of rotatable bonds is 5. The minimum absolute atomic E-state index is 0.126. The van der Waals surface area contributed by atoms with Crippen LogP contribution in [0, 0.1) is 0 Å². The molecule has 4 nitrogen and oxygen atoms in total. The van der Waals surface area contributed by atoms with Crippen LogP contribution in [0.2, 0.25) is 0 Å². The second-order valence-corrected chi connectivity index (χ2v) is 4.95. The van der Waals surface area contributed by atoms with E-state index >= 15 is 0 Å². The molecule has 0 amide bonds. The molecule has 18 heavy (non-hydrogen) atoms.